The second-order valence-corrected chi connectivity index (χ2v) is 2.77. The van der Waals surface area contributed by atoms with Crippen molar-refractivity contribution in [3.8, 4) is 0 Å². The first kappa shape index (κ1) is 7.31. The van der Waals surface area contributed by atoms with E-state index in [1.54, 1.807) is 0 Å². The SMILES string of the molecule is C=CC[N+]1(N)C=CN(C)C1. The predicted octanol–water partition coefficient (Wildman–Crippen LogP) is 0.237. The van der Waals surface area contributed by atoms with Gasteiger partial charge < -0.3 is 4.90 Å². The van der Waals surface area contributed by atoms with Gasteiger partial charge in [-0.2, -0.15) is 5.84 Å². The first-order chi connectivity index (χ1) is 4.66. The zero-order valence-corrected chi connectivity index (χ0v) is 6.33. The molecule has 0 aromatic carbocycles. The normalized spacial score (nSPS) is 31.2. The van der Waals surface area contributed by atoms with Crippen LogP contribution < -0.4 is 5.84 Å². The van der Waals surface area contributed by atoms with Crippen molar-refractivity contribution < 1.29 is 4.59 Å². The van der Waals surface area contributed by atoms with E-state index in [0.29, 0.717) is 4.59 Å². The lowest BCUT2D eigenvalue weighted by atomic mass is 10.5. The molecule has 0 spiro atoms. The Bertz CT molecular complexity index is 164. The lowest BCUT2D eigenvalue weighted by Gasteiger charge is -2.23. The van der Waals surface area contributed by atoms with Crippen LogP contribution in [0.1, 0.15) is 0 Å². The van der Waals surface area contributed by atoms with Crippen LogP contribution in [0.5, 0.6) is 0 Å². The van der Waals surface area contributed by atoms with Crippen LogP contribution in [0.4, 0.5) is 0 Å². The van der Waals surface area contributed by atoms with Gasteiger partial charge in [-0.15, -0.1) is 0 Å². The maximum atomic E-state index is 5.90. The number of rotatable bonds is 2. The van der Waals surface area contributed by atoms with Crippen molar-refractivity contribution in [3.05, 3.63) is 25.1 Å². The van der Waals surface area contributed by atoms with E-state index in [2.05, 4.69) is 11.5 Å². The molecule has 10 heavy (non-hydrogen) atoms. The third-order valence-electron chi connectivity index (χ3n) is 1.57. The van der Waals surface area contributed by atoms with Crippen molar-refractivity contribution in [3.63, 3.8) is 0 Å². The van der Waals surface area contributed by atoms with E-state index in [4.69, 9.17) is 5.84 Å². The van der Waals surface area contributed by atoms with Gasteiger partial charge in [-0.3, -0.25) is 0 Å². The molecule has 1 rings (SSSR count). The van der Waals surface area contributed by atoms with Gasteiger partial charge in [0.25, 0.3) is 0 Å². The number of hydrogen-bond acceptors (Lipinski definition) is 2. The molecule has 56 valence electrons. The van der Waals surface area contributed by atoms with Crippen LogP contribution in [0.15, 0.2) is 25.1 Å². The maximum Gasteiger partial charge on any atom is 0.176 e. The fraction of sp³-hybridized carbons (Fsp3) is 0.429. The summed E-state index contributed by atoms with van der Waals surface area (Å²) < 4.78 is 0.458. The van der Waals surface area contributed by atoms with Gasteiger partial charge in [0.05, 0.1) is 6.20 Å². The molecule has 0 saturated heterocycles. The molecule has 3 nitrogen and oxygen atoms in total. The quantitative estimate of drug-likeness (QED) is 0.338. The summed E-state index contributed by atoms with van der Waals surface area (Å²) in [5, 5.41) is 0. The largest absolute Gasteiger partial charge is 0.328 e. The summed E-state index contributed by atoms with van der Waals surface area (Å²) >= 11 is 0. The Hall–Kier alpha value is -0.800. The topological polar surface area (TPSA) is 29.3 Å². The van der Waals surface area contributed by atoms with E-state index in [1.807, 2.05) is 25.5 Å². The lowest BCUT2D eigenvalue weighted by Crippen LogP contribution is -2.50. The van der Waals surface area contributed by atoms with Crippen LogP contribution in [-0.2, 0) is 0 Å². The number of quaternary nitrogens is 1. The zero-order valence-electron chi connectivity index (χ0n) is 6.33. The Kier molecular flexibility index (Phi) is 1.78. The van der Waals surface area contributed by atoms with E-state index in [1.165, 1.54) is 0 Å². The van der Waals surface area contributed by atoms with E-state index in [-0.39, 0.29) is 0 Å². The number of nitrogens with zero attached hydrogens (tertiary/aromatic N) is 2. The Morgan fingerprint density at radius 3 is 3.00 bits per heavy atom. The molecule has 0 radical (unpaired) electrons. The third-order valence-corrected chi connectivity index (χ3v) is 1.57. The summed E-state index contributed by atoms with van der Waals surface area (Å²) in [5.74, 6) is 5.90. The molecule has 1 aliphatic rings. The highest BCUT2D eigenvalue weighted by atomic mass is 15.6. The van der Waals surface area contributed by atoms with Crippen LogP contribution in [0, 0.1) is 0 Å². The van der Waals surface area contributed by atoms with E-state index >= 15 is 0 Å². The van der Waals surface area contributed by atoms with Gasteiger partial charge in [-0.25, -0.2) is 4.59 Å². The summed E-state index contributed by atoms with van der Waals surface area (Å²) in [5.41, 5.74) is 0. The van der Waals surface area contributed by atoms with Gasteiger partial charge in [0, 0.05) is 7.05 Å². The van der Waals surface area contributed by atoms with Gasteiger partial charge in [0.2, 0.25) is 0 Å². The third kappa shape index (κ3) is 1.37. The first-order valence-electron chi connectivity index (χ1n) is 3.32. The van der Waals surface area contributed by atoms with Crippen LogP contribution >= 0.6 is 0 Å². The van der Waals surface area contributed by atoms with Crippen LogP contribution in [0.25, 0.3) is 0 Å². The van der Waals surface area contributed by atoms with Crippen molar-refractivity contribution >= 4 is 0 Å². The van der Waals surface area contributed by atoms with Gasteiger partial charge >= 0.3 is 0 Å². The summed E-state index contributed by atoms with van der Waals surface area (Å²) in [6.07, 6.45) is 5.80. The molecular weight excluding hydrogens is 126 g/mol. The van der Waals surface area contributed by atoms with Gasteiger partial charge in [0.1, 0.15) is 12.7 Å². The minimum Gasteiger partial charge on any atom is -0.328 e. The summed E-state index contributed by atoms with van der Waals surface area (Å²) in [6.45, 7) is 5.28. The summed E-state index contributed by atoms with van der Waals surface area (Å²) in [4.78, 5) is 2.06. The average molecular weight is 140 g/mol. The molecule has 2 N–H and O–H groups in total. The second-order valence-electron chi connectivity index (χ2n) is 2.77. The highest BCUT2D eigenvalue weighted by Gasteiger charge is 2.24. The predicted molar refractivity (Wildman–Crippen MR) is 41.3 cm³/mol. The highest BCUT2D eigenvalue weighted by molar-refractivity contribution is 4.80. The molecule has 1 aliphatic heterocycles. The first-order valence-corrected chi connectivity index (χ1v) is 3.32. The molecule has 0 fully saturated rings. The lowest BCUT2D eigenvalue weighted by molar-refractivity contribution is -0.887. The van der Waals surface area contributed by atoms with Gasteiger partial charge in [-0.1, -0.05) is 6.58 Å². The molecule has 0 aromatic heterocycles. The summed E-state index contributed by atoms with van der Waals surface area (Å²) in [6, 6.07) is 0. The van der Waals surface area contributed by atoms with Gasteiger partial charge in [0.15, 0.2) is 6.67 Å². The van der Waals surface area contributed by atoms with Crippen LogP contribution in [0.3, 0.4) is 0 Å². The smallest absolute Gasteiger partial charge is 0.176 e. The molecule has 1 unspecified atom stereocenters. The molecule has 0 aromatic rings. The molecule has 3 heteroatoms. The van der Waals surface area contributed by atoms with Crippen molar-refractivity contribution in [2.45, 2.75) is 0 Å². The zero-order chi connectivity index (χ0) is 7.61. The minimum atomic E-state index is 0.458. The summed E-state index contributed by atoms with van der Waals surface area (Å²) in [7, 11) is 2.01. The van der Waals surface area contributed by atoms with Crippen molar-refractivity contribution in [2.24, 2.45) is 5.84 Å². The van der Waals surface area contributed by atoms with Crippen molar-refractivity contribution in [1.29, 1.82) is 0 Å². The Balaban J connectivity index is 2.56. The van der Waals surface area contributed by atoms with Gasteiger partial charge in [-0.05, 0) is 6.08 Å². The Labute approximate surface area is 61.6 Å². The van der Waals surface area contributed by atoms with E-state index in [9.17, 15) is 0 Å². The number of hydrogen-bond donors (Lipinski definition) is 1. The molecule has 1 atom stereocenters. The molecule has 0 aliphatic carbocycles. The van der Waals surface area contributed by atoms with Crippen LogP contribution in [0.2, 0.25) is 0 Å². The number of nitrogens with two attached hydrogens (primary N) is 1. The highest BCUT2D eigenvalue weighted by Crippen LogP contribution is 2.09. The maximum absolute atomic E-state index is 5.90. The molecular formula is C7H14N3+. The Morgan fingerprint density at radius 1 is 1.90 bits per heavy atom. The molecule has 0 saturated carbocycles. The molecule has 0 amide bonds. The Morgan fingerprint density at radius 2 is 2.60 bits per heavy atom. The second kappa shape index (κ2) is 2.44. The van der Waals surface area contributed by atoms with E-state index < -0.39 is 0 Å². The fourth-order valence-corrected chi connectivity index (χ4v) is 1.12. The average Bonchev–Trinajstić information content (AvgIpc) is 2.12. The van der Waals surface area contributed by atoms with Crippen molar-refractivity contribution in [2.75, 3.05) is 20.3 Å². The standard InChI is InChI=1S/C7H14N3/c1-3-5-10(8)6-4-9(2)7-10/h3-4,6H,1,5,7-8H2,2H3/q+1. The molecule has 0 bridgehead atoms. The van der Waals surface area contributed by atoms with E-state index in [0.717, 1.165) is 13.2 Å². The monoisotopic (exact) mass is 140 g/mol. The fourth-order valence-electron chi connectivity index (χ4n) is 1.12. The van der Waals surface area contributed by atoms with Crippen LogP contribution in [-0.4, -0.2) is 29.8 Å². The van der Waals surface area contributed by atoms with Crippen molar-refractivity contribution in [1.82, 2.24) is 4.90 Å². The minimum absolute atomic E-state index is 0.458. The molecule has 1 heterocycles.